The number of carbonyl (C=O) groups excluding carboxylic acids is 1. The summed E-state index contributed by atoms with van der Waals surface area (Å²) in [6.45, 7) is 0.113. The molecule has 0 fully saturated rings. The van der Waals surface area contributed by atoms with Gasteiger partial charge in [-0.15, -0.1) is 5.10 Å². The van der Waals surface area contributed by atoms with Gasteiger partial charge < -0.3 is 15.2 Å². The maximum atomic E-state index is 11.7. The summed E-state index contributed by atoms with van der Waals surface area (Å²) in [5.74, 6) is -0.276. The lowest BCUT2D eigenvalue weighted by atomic mass is 10.2. The van der Waals surface area contributed by atoms with E-state index < -0.39 is 17.2 Å². The number of hydrogen-bond acceptors (Lipinski definition) is 8. The highest BCUT2D eigenvalue weighted by Gasteiger charge is 2.08. The van der Waals surface area contributed by atoms with E-state index in [1.807, 2.05) is 4.98 Å². The van der Waals surface area contributed by atoms with E-state index in [1.165, 1.54) is 13.3 Å². The quantitative estimate of drug-likeness (QED) is 0.304. The number of nitrogens with zero attached hydrogens (tertiary/aromatic N) is 2. The van der Waals surface area contributed by atoms with Gasteiger partial charge in [0.1, 0.15) is 0 Å². The summed E-state index contributed by atoms with van der Waals surface area (Å²) in [7, 11) is 1.42. The molecule has 26 heavy (non-hydrogen) atoms. The molecule has 0 spiro atoms. The molecule has 0 bridgehead atoms. The zero-order valence-corrected chi connectivity index (χ0v) is 15.1. The van der Waals surface area contributed by atoms with Gasteiger partial charge in [0, 0.05) is 13.0 Å². The van der Waals surface area contributed by atoms with Crippen LogP contribution in [0.1, 0.15) is 12.0 Å². The van der Waals surface area contributed by atoms with Crippen molar-refractivity contribution in [2.75, 3.05) is 19.0 Å². The number of anilines is 1. The van der Waals surface area contributed by atoms with Crippen molar-refractivity contribution >= 4 is 33.9 Å². The van der Waals surface area contributed by atoms with Crippen LogP contribution in [0.5, 0.6) is 11.5 Å². The number of aromatic amines is 2. The van der Waals surface area contributed by atoms with Crippen molar-refractivity contribution < 1.29 is 14.6 Å². The van der Waals surface area contributed by atoms with Crippen molar-refractivity contribution in [2.24, 2.45) is 5.10 Å². The molecule has 0 aliphatic heterocycles. The third-order valence-electron chi connectivity index (χ3n) is 3.03. The maximum absolute atomic E-state index is 11.7. The number of phenols is 1. The van der Waals surface area contributed by atoms with Gasteiger partial charge in [0.2, 0.25) is 11.7 Å². The first kappa shape index (κ1) is 19.2. The largest absolute Gasteiger partial charge is 0.503 e. The summed E-state index contributed by atoms with van der Waals surface area (Å²) in [5.41, 5.74) is 1.51. The number of amides is 1. The fourth-order valence-electron chi connectivity index (χ4n) is 1.82. The van der Waals surface area contributed by atoms with E-state index in [-0.39, 0.29) is 30.3 Å². The highest BCUT2D eigenvalue weighted by molar-refractivity contribution is 9.10. The Morgan fingerprint density at radius 2 is 2.23 bits per heavy atom. The van der Waals surface area contributed by atoms with Crippen molar-refractivity contribution in [3.63, 3.8) is 0 Å². The van der Waals surface area contributed by atoms with Crippen LogP contribution in [0.3, 0.4) is 0 Å². The number of rotatable bonds is 7. The van der Waals surface area contributed by atoms with E-state index in [0.29, 0.717) is 10.0 Å². The minimum absolute atomic E-state index is 0.0141. The van der Waals surface area contributed by atoms with Crippen LogP contribution in [0, 0.1) is 0 Å². The molecule has 1 aromatic heterocycles. The first-order valence-electron chi connectivity index (χ1n) is 7.22. The SMILES string of the molecule is COc1cc(/C=N\NC(=O)CCNc2n[nH]c(=O)[nH]c2=O)cc(Br)c1O. The second-order valence-corrected chi connectivity index (χ2v) is 5.73. The summed E-state index contributed by atoms with van der Waals surface area (Å²) in [4.78, 5) is 35.9. The number of aromatic nitrogens is 3. The molecule has 1 aromatic carbocycles. The van der Waals surface area contributed by atoms with Crippen LogP contribution in [0.15, 0.2) is 31.3 Å². The molecule has 138 valence electrons. The first-order chi connectivity index (χ1) is 12.4. The Kier molecular flexibility index (Phi) is 6.49. The molecule has 0 saturated heterocycles. The van der Waals surface area contributed by atoms with Gasteiger partial charge in [-0.25, -0.2) is 15.3 Å². The maximum Gasteiger partial charge on any atom is 0.342 e. The average molecular weight is 427 g/mol. The van der Waals surface area contributed by atoms with Crippen LogP contribution < -0.4 is 26.7 Å². The Labute approximate surface area is 154 Å². The summed E-state index contributed by atoms with van der Waals surface area (Å²) < 4.78 is 5.44. The monoisotopic (exact) mass is 426 g/mol. The van der Waals surface area contributed by atoms with Crippen LogP contribution in [0.2, 0.25) is 0 Å². The van der Waals surface area contributed by atoms with Gasteiger partial charge in [-0.05, 0) is 33.6 Å². The highest BCUT2D eigenvalue weighted by atomic mass is 79.9. The van der Waals surface area contributed by atoms with Gasteiger partial charge in [-0.3, -0.25) is 14.6 Å². The van der Waals surface area contributed by atoms with Crippen molar-refractivity contribution in [2.45, 2.75) is 6.42 Å². The number of H-pyrrole nitrogens is 2. The molecule has 2 rings (SSSR count). The number of methoxy groups -OCH3 is 1. The molecule has 1 amide bonds. The molecule has 1 heterocycles. The zero-order chi connectivity index (χ0) is 19.1. The smallest absolute Gasteiger partial charge is 0.342 e. The summed E-state index contributed by atoms with van der Waals surface area (Å²) in [6.07, 6.45) is 1.40. The number of hydrazone groups is 1. The van der Waals surface area contributed by atoms with Crippen molar-refractivity contribution in [1.82, 2.24) is 20.6 Å². The molecular formula is C14H15BrN6O5. The number of aromatic hydroxyl groups is 1. The normalized spacial score (nSPS) is 10.7. The predicted octanol–water partition coefficient (Wildman–Crippen LogP) is -0.113. The minimum Gasteiger partial charge on any atom is -0.503 e. The third-order valence-corrected chi connectivity index (χ3v) is 3.63. The number of benzene rings is 1. The van der Waals surface area contributed by atoms with E-state index in [4.69, 9.17) is 4.74 Å². The predicted molar refractivity (Wildman–Crippen MR) is 96.7 cm³/mol. The number of phenolic OH excluding ortho intramolecular Hbond substituents is 1. The number of carbonyl (C=O) groups is 1. The Morgan fingerprint density at radius 3 is 2.92 bits per heavy atom. The van der Waals surface area contributed by atoms with Gasteiger partial charge in [0.05, 0.1) is 17.8 Å². The van der Waals surface area contributed by atoms with Crippen LogP contribution in [0.4, 0.5) is 5.82 Å². The number of nitrogens with one attached hydrogen (secondary N) is 4. The van der Waals surface area contributed by atoms with E-state index in [2.05, 4.69) is 42.0 Å². The average Bonchev–Trinajstić information content (AvgIpc) is 2.59. The molecule has 0 aliphatic carbocycles. The van der Waals surface area contributed by atoms with Crippen LogP contribution in [-0.4, -0.2) is 46.1 Å². The number of halogens is 1. The van der Waals surface area contributed by atoms with Gasteiger partial charge in [-0.2, -0.15) is 5.10 Å². The molecule has 2 aromatic rings. The third kappa shape index (κ3) is 5.17. The Balaban J connectivity index is 1.85. The summed E-state index contributed by atoms with van der Waals surface area (Å²) in [5, 5.41) is 21.7. The van der Waals surface area contributed by atoms with Crippen LogP contribution in [-0.2, 0) is 4.79 Å². The highest BCUT2D eigenvalue weighted by Crippen LogP contribution is 2.34. The van der Waals surface area contributed by atoms with Gasteiger partial charge in [0.25, 0.3) is 5.56 Å². The van der Waals surface area contributed by atoms with Crippen molar-refractivity contribution in [1.29, 1.82) is 0 Å². The first-order valence-corrected chi connectivity index (χ1v) is 8.01. The fraction of sp³-hybridized carbons (Fsp3) is 0.214. The Morgan fingerprint density at radius 1 is 1.46 bits per heavy atom. The zero-order valence-electron chi connectivity index (χ0n) is 13.5. The second kappa shape index (κ2) is 8.80. The van der Waals surface area contributed by atoms with Gasteiger partial charge >= 0.3 is 5.69 Å². The second-order valence-electron chi connectivity index (χ2n) is 4.88. The van der Waals surface area contributed by atoms with Crippen LogP contribution in [0.25, 0.3) is 0 Å². The topological polar surface area (TPSA) is 162 Å². The van der Waals surface area contributed by atoms with Gasteiger partial charge in [-0.1, -0.05) is 0 Å². The fourth-order valence-corrected chi connectivity index (χ4v) is 2.28. The molecule has 0 aliphatic rings. The Bertz CT molecular complexity index is 938. The Hall–Kier alpha value is -3.15. The van der Waals surface area contributed by atoms with Gasteiger partial charge in [0.15, 0.2) is 11.5 Å². The van der Waals surface area contributed by atoms with Crippen molar-refractivity contribution in [3.8, 4) is 11.5 Å². The van der Waals surface area contributed by atoms with Crippen LogP contribution >= 0.6 is 15.9 Å². The molecule has 12 heteroatoms. The summed E-state index contributed by atoms with van der Waals surface area (Å²) in [6, 6.07) is 3.15. The minimum atomic E-state index is -0.717. The van der Waals surface area contributed by atoms with E-state index >= 15 is 0 Å². The standard InChI is InChI=1S/C14H15BrN6O5/c1-26-9-5-7(4-8(15)11(9)23)6-17-19-10(22)2-3-16-12-13(24)18-14(25)21-20-12/h4-6,23H,2-3H2,1H3,(H,16,20)(H,19,22)(H2,18,21,24,25)/b17-6-. The lowest BCUT2D eigenvalue weighted by Gasteiger charge is -2.06. The molecular weight excluding hydrogens is 412 g/mol. The molecule has 0 saturated carbocycles. The van der Waals surface area contributed by atoms with E-state index in [0.717, 1.165) is 0 Å². The molecule has 5 N–H and O–H groups in total. The summed E-state index contributed by atoms with van der Waals surface area (Å²) >= 11 is 3.18. The number of ether oxygens (including phenoxy) is 1. The molecule has 0 radical (unpaired) electrons. The molecule has 11 nitrogen and oxygen atoms in total. The van der Waals surface area contributed by atoms with E-state index in [1.54, 1.807) is 12.1 Å². The number of hydrogen-bond donors (Lipinski definition) is 5. The lowest BCUT2D eigenvalue weighted by Crippen LogP contribution is -2.28. The molecule has 0 unspecified atom stereocenters. The van der Waals surface area contributed by atoms with E-state index in [9.17, 15) is 19.5 Å². The molecule has 0 atom stereocenters. The van der Waals surface area contributed by atoms with Crippen molar-refractivity contribution in [3.05, 3.63) is 43.0 Å². The lowest BCUT2D eigenvalue weighted by molar-refractivity contribution is -0.120.